The first kappa shape index (κ1) is 20.3. The number of benzene rings is 2. The van der Waals surface area contributed by atoms with Gasteiger partial charge in [0.25, 0.3) is 0 Å². The number of carbonyl (C=O) groups excluding carboxylic acids is 2. The Bertz CT molecular complexity index is 1040. The van der Waals surface area contributed by atoms with Crippen LogP contribution < -0.4 is 10.2 Å². The van der Waals surface area contributed by atoms with Gasteiger partial charge in [-0.1, -0.05) is 48.5 Å². The van der Waals surface area contributed by atoms with Crippen LogP contribution in [0.5, 0.6) is 11.8 Å². The molecule has 1 amide bonds. The van der Waals surface area contributed by atoms with E-state index in [4.69, 9.17) is 9.57 Å². The van der Waals surface area contributed by atoms with Crippen molar-refractivity contribution >= 4 is 12.1 Å². The summed E-state index contributed by atoms with van der Waals surface area (Å²) in [4.78, 5) is 28.7. The quantitative estimate of drug-likeness (QED) is 0.505. The lowest BCUT2D eigenvalue weighted by atomic mass is 9.98. The molecule has 0 spiro atoms. The highest BCUT2D eigenvalue weighted by Crippen LogP contribution is 2.44. The lowest BCUT2D eigenvalue weighted by Gasteiger charge is -2.14. The van der Waals surface area contributed by atoms with Crippen LogP contribution in [-0.4, -0.2) is 40.2 Å². The molecule has 0 atom stereocenters. The van der Waals surface area contributed by atoms with Crippen LogP contribution >= 0.6 is 0 Å². The first-order valence-electron chi connectivity index (χ1n) is 9.94. The molecule has 31 heavy (non-hydrogen) atoms. The minimum atomic E-state index is -0.656. The van der Waals surface area contributed by atoms with Crippen molar-refractivity contribution in [1.29, 1.82) is 0 Å². The van der Waals surface area contributed by atoms with E-state index in [-0.39, 0.29) is 37.3 Å². The zero-order valence-corrected chi connectivity index (χ0v) is 16.7. The molecule has 0 aliphatic heterocycles. The van der Waals surface area contributed by atoms with Crippen molar-refractivity contribution in [2.75, 3.05) is 13.2 Å². The molecule has 4 rings (SSSR count). The van der Waals surface area contributed by atoms with Gasteiger partial charge in [0.2, 0.25) is 11.8 Å². The largest absolute Gasteiger partial charge is 0.492 e. The summed E-state index contributed by atoms with van der Waals surface area (Å²) in [6.45, 7) is 0.434. The van der Waals surface area contributed by atoms with Crippen LogP contribution in [0.1, 0.15) is 29.9 Å². The third-order valence-corrected chi connectivity index (χ3v) is 5.16. The van der Waals surface area contributed by atoms with Gasteiger partial charge in [0.15, 0.2) is 0 Å². The molecule has 0 fully saturated rings. The smallest absolute Gasteiger partial charge is 0.407 e. The molecule has 3 N–H and O–H groups in total. The number of ether oxygens (including phenoxy) is 1. The van der Waals surface area contributed by atoms with Gasteiger partial charge >= 0.3 is 12.1 Å². The summed E-state index contributed by atoms with van der Waals surface area (Å²) in [6, 6.07) is 18.6. The zero-order valence-electron chi connectivity index (χ0n) is 16.7. The summed E-state index contributed by atoms with van der Waals surface area (Å²) < 4.78 is 6.05. The molecule has 1 aliphatic carbocycles. The molecule has 8 heteroatoms. The Kier molecular flexibility index (Phi) is 5.79. The Morgan fingerprint density at radius 1 is 0.903 bits per heavy atom. The van der Waals surface area contributed by atoms with E-state index >= 15 is 0 Å². The Morgan fingerprint density at radius 2 is 1.48 bits per heavy atom. The van der Waals surface area contributed by atoms with Crippen LogP contribution in [0.15, 0.2) is 60.7 Å². The van der Waals surface area contributed by atoms with Crippen molar-refractivity contribution in [2.24, 2.45) is 0 Å². The van der Waals surface area contributed by atoms with E-state index < -0.39 is 12.1 Å². The standard InChI is InChI=1S/C23H22N2O6/c26-20-11-12-21(27)25(20)31-22(28)10-5-13-24-23(29)30-14-19-17-8-3-1-6-15(17)16-7-2-4-9-18(16)19/h1-4,6-9,11-12,19,26-27H,5,10,13-14H2,(H,24,29). The summed E-state index contributed by atoms with van der Waals surface area (Å²) in [5, 5.41) is 21.5. The highest BCUT2D eigenvalue weighted by atomic mass is 16.7. The van der Waals surface area contributed by atoms with Crippen molar-refractivity contribution in [1.82, 2.24) is 10.0 Å². The minimum Gasteiger partial charge on any atom is -0.492 e. The molecule has 0 unspecified atom stereocenters. The monoisotopic (exact) mass is 422 g/mol. The number of alkyl carbamates (subject to hydrolysis) is 1. The third kappa shape index (κ3) is 4.32. The molecular formula is C23H22N2O6. The van der Waals surface area contributed by atoms with Crippen LogP contribution in [0.4, 0.5) is 4.79 Å². The van der Waals surface area contributed by atoms with Crippen molar-refractivity contribution in [3.05, 3.63) is 71.8 Å². The third-order valence-electron chi connectivity index (χ3n) is 5.16. The molecule has 1 heterocycles. The van der Waals surface area contributed by atoms with Crippen LogP contribution in [0, 0.1) is 0 Å². The molecule has 0 radical (unpaired) electrons. The number of amides is 1. The second-order valence-corrected chi connectivity index (χ2v) is 7.16. The number of aromatic nitrogens is 1. The number of rotatable bonds is 7. The summed E-state index contributed by atoms with van der Waals surface area (Å²) >= 11 is 0. The van der Waals surface area contributed by atoms with Gasteiger partial charge in [-0.05, 0) is 28.7 Å². The summed E-state index contributed by atoms with van der Waals surface area (Å²) in [5.41, 5.74) is 4.59. The molecule has 3 aromatic rings. The van der Waals surface area contributed by atoms with E-state index in [0.717, 1.165) is 22.3 Å². The van der Waals surface area contributed by atoms with E-state index in [0.29, 0.717) is 11.2 Å². The van der Waals surface area contributed by atoms with Crippen LogP contribution in [-0.2, 0) is 9.53 Å². The van der Waals surface area contributed by atoms with E-state index in [1.54, 1.807) is 0 Å². The highest BCUT2D eigenvalue weighted by Gasteiger charge is 2.28. The average Bonchev–Trinajstić information content (AvgIpc) is 3.27. The summed E-state index contributed by atoms with van der Waals surface area (Å²) in [6.07, 6.45) is -0.261. The van der Waals surface area contributed by atoms with E-state index in [1.807, 2.05) is 36.4 Å². The van der Waals surface area contributed by atoms with Gasteiger partial charge in [0.05, 0.1) is 0 Å². The fraction of sp³-hybridized carbons (Fsp3) is 0.217. The second-order valence-electron chi connectivity index (χ2n) is 7.16. The predicted molar refractivity (Wildman–Crippen MR) is 112 cm³/mol. The minimum absolute atomic E-state index is 0.0132. The van der Waals surface area contributed by atoms with Gasteiger partial charge in [0, 0.05) is 31.0 Å². The lowest BCUT2D eigenvalue weighted by molar-refractivity contribution is -0.145. The van der Waals surface area contributed by atoms with Gasteiger partial charge in [-0.15, -0.1) is 4.73 Å². The fourth-order valence-corrected chi connectivity index (χ4v) is 3.72. The molecule has 0 saturated heterocycles. The van der Waals surface area contributed by atoms with Crippen molar-refractivity contribution in [3.8, 4) is 22.9 Å². The Balaban J connectivity index is 1.23. The number of carbonyl (C=O) groups is 2. The molecule has 0 saturated carbocycles. The number of nitrogens with one attached hydrogen (secondary N) is 1. The topological polar surface area (TPSA) is 110 Å². The number of fused-ring (bicyclic) bond motifs is 3. The first-order chi connectivity index (χ1) is 15.0. The van der Waals surface area contributed by atoms with Crippen LogP contribution in [0.25, 0.3) is 11.1 Å². The van der Waals surface area contributed by atoms with Crippen molar-refractivity contribution in [2.45, 2.75) is 18.8 Å². The maximum atomic E-state index is 12.1. The van der Waals surface area contributed by atoms with Gasteiger partial charge in [-0.3, -0.25) is 0 Å². The maximum Gasteiger partial charge on any atom is 0.407 e. The Hall–Kier alpha value is -3.94. The van der Waals surface area contributed by atoms with Gasteiger partial charge in [-0.25, -0.2) is 9.59 Å². The molecule has 1 aliphatic rings. The Morgan fingerprint density at radius 3 is 2.10 bits per heavy atom. The van der Waals surface area contributed by atoms with Gasteiger partial charge < -0.3 is 25.1 Å². The lowest BCUT2D eigenvalue weighted by Crippen LogP contribution is -2.28. The highest BCUT2D eigenvalue weighted by molar-refractivity contribution is 5.79. The normalized spacial score (nSPS) is 12.1. The maximum absolute atomic E-state index is 12.1. The van der Waals surface area contributed by atoms with Gasteiger partial charge in [-0.2, -0.15) is 0 Å². The number of hydrogen-bond acceptors (Lipinski definition) is 6. The summed E-state index contributed by atoms with van der Waals surface area (Å²) in [7, 11) is 0. The Labute approximate surface area is 178 Å². The number of nitrogens with zero attached hydrogens (tertiary/aromatic N) is 1. The first-order valence-corrected chi connectivity index (χ1v) is 9.94. The average molecular weight is 422 g/mol. The van der Waals surface area contributed by atoms with Crippen LogP contribution in [0.2, 0.25) is 0 Å². The number of hydrogen-bond donors (Lipinski definition) is 3. The second kappa shape index (κ2) is 8.83. The molecule has 2 aromatic carbocycles. The van der Waals surface area contributed by atoms with Crippen molar-refractivity contribution < 1.29 is 29.4 Å². The van der Waals surface area contributed by atoms with E-state index in [9.17, 15) is 19.8 Å². The molecule has 0 bridgehead atoms. The van der Waals surface area contributed by atoms with Crippen LogP contribution in [0.3, 0.4) is 0 Å². The fourth-order valence-electron chi connectivity index (χ4n) is 3.72. The molecule has 1 aromatic heterocycles. The molecule has 8 nitrogen and oxygen atoms in total. The molecule has 160 valence electrons. The number of aromatic hydroxyl groups is 2. The molecular weight excluding hydrogens is 400 g/mol. The summed E-state index contributed by atoms with van der Waals surface area (Å²) in [5.74, 6) is -1.45. The van der Waals surface area contributed by atoms with E-state index in [2.05, 4.69) is 17.4 Å². The van der Waals surface area contributed by atoms with Crippen molar-refractivity contribution in [3.63, 3.8) is 0 Å². The SMILES string of the molecule is O=C(CCCNC(=O)OCC1c2ccccc2-c2ccccc21)On1c(O)ccc1O. The zero-order chi connectivity index (χ0) is 21.8. The van der Waals surface area contributed by atoms with E-state index in [1.165, 1.54) is 12.1 Å². The van der Waals surface area contributed by atoms with Gasteiger partial charge in [0.1, 0.15) is 6.61 Å². The predicted octanol–water partition coefficient (Wildman–Crippen LogP) is 3.17.